The van der Waals surface area contributed by atoms with Crippen LogP contribution in [0.5, 0.6) is 0 Å². The van der Waals surface area contributed by atoms with Crippen molar-refractivity contribution in [3.63, 3.8) is 0 Å². The molecule has 0 spiro atoms. The Kier molecular flexibility index (Phi) is 12.1. The standard InChI is InChI=1S/C25H38O8/c1-4-6-11-17(5-2)20(26)14-13-18-16-19(23(29)30)22(28)25(18,24(31)32)15-10-8-7-9-12-21(27)33-3/h8,10,13-14,17-20,26H,4-7,9,11-12,15-16H2,1-3H3,(H,29,30)(H,31,32)/b10-8+,14-13+. The summed E-state index contributed by atoms with van der Waals surface area (Å²) < 4.78 is 4.57. The zero-order valence-electron chi connectivity index (χ0n) is 19.9. The van der Waals surface area contributed by atoms with E-state index in [0.29, 0.717) is 12.8 Å². The minimum absolute atomic E-state index is 0.0162. The number of carbonyl (C=O) groups excluding carboxylic acids is 2. The van der Waals surface area contributed by atoms with Gasteiger partial charge in [-0.2, -0.15) is 0 Å². The normalized spacial score (nSPS) is 24.9. The van der Waals surface area contributed by atoms with E-state index < -0.39 is 41.1 Å². The number of methoxy groups -OCH3 is 1. The Morgan fingerprint density at radius 1 is 1.18 bits per heavy atom. The fourth-order valence-corrected chi connectivity index (χ4v) is 4.46. The highest BCUT2D eigenvalue weighted by Gasteiger charge is 2.60. The third-order valence-corrected chi connectivity index (χ3v) is 6.62. The number of carbonyl (C=O) groups is 4. The van der Waals surface area contributed by atoms with Crippen LogP contribution in [0.25, 0.3) is 0 Å². The molecule has 1 aliphatic rings. The highest BCUT2D eigenvalue weighted by atomic mass is 16.5. The van der Waals surface area contributed by atoms with Crippen LogP contribution in [0.4, 0.5) is 0 Å². The molecule has 1 fully saturated rings. The number of rotatable bonds is 15. The van der Waals surface area contributed by atoms with Gasteiger partial charge in [-0.25, -0.2) is 0 Å². The number of carboxylic acid groups (broad SMARTS) is 2. The maximum atomic E-state index is 13.0. The molecule has 33 heavy (non-hydrogen) atoms. The minimum atomic E-state index is -1.90. The number of hydrogen-bond acceptors (Lipinski definition) is 6. The second-order valence-corrected chi connectivity index (χ2v) is 8.70. The van der Waals surface area contributed by atoms with E-state index in [-0.39, 0.29) is 31.1 Å². The lowest BCUT2D eigenvalue weighted by molar-refractivity contribution is -0.156. The third-order valence-electron chi connectivity index (χ3n) is 6.62. The molecule has 0 radical (unpaired) electrons. The van der Waals surface area contributed by atoms with Gasteiger partial charge in [0, 0.05) is 12.3 Å². The lowest BCUT2D eigenvalue weighted by Crippen LogP contribution is -2.42. The smallest absolute Gasteiger partial charge is 0.318 e. The number of unbranched alkanes of at least 4 members (excludes halogenated alkanes) is 2. The van der Waals surface area contributed by atoms with Gasteiger partial charge in [-0.3, -0.25) is 19.2 Å². The number of ketones is 1. The molecule has 0 aromatic carbocycles. The summed E-state index contributed by atoms with van der Waals surface area (Å²) in [5, 5.41) is 30.1. The van der Waals surface area contributed by atoms with Crippen molar-refractivity contribution in [2.45, 2.75) is 77.7 Å². The number of Topliss-reactive ketones (excluding diaryl/α,β-unsaturated/α-hetero) is 1. The maximum Gasteiger partial charge on any atom is 0.318 e. The molecule has 5 atom stereocenters. The Bertz CT molecular complexity index is 741. The monoisotopic (exact) mass is 466 g/mol. The molecule has 1 aliphatic carbocycles. The van der Waals surface area contributed by atoms with Gasteiger partial charge in [0.15, 0.2) is 5.78 Å². The van der Waals surface area contributed by atoms with Crippen molar-refractivity contribution in [2.75, 3.05) is 7.11 Å². The number of allylic oxidation sites excluding steroid dienone is 3. The lowest BCUT2D eigenvalue weighted by atomic mass is 9.73. The van der Waals surface area contributed by atoms with Crippen molar-refractivity contribution in [1.29, 1.82) is 0 Å². The third kappa shape index (κ3) is 7.52. The van der Waals surface area contributed by atoms with Crippen molar-refractivity contribution in [3.05, 3.63) is 24.3 Å². The fourth-order valence-electron chi connectivity index (χ4n) is 4.46. The van der Waals surface area contributed by atoms with Crippen molar-refractivity contribution in [1.82, 2.24) is 0 Å². The van der Waals surface area contributed by atoms with Gasteiger partial charge in [-0.05, 0) is 38.0 Å². The Hall–Kier alpha value is -2.48. The average molecular weight is 467 g/mol. The van der Waals surface area contributed by atoms with E-state index in [9.17, 15) is 34.5 Å². The molecular weight excluding hydrogens is 428 g/mol. The first-order valence-corrected chi connectivity index (χ1v) is 11.7. The number of aliphatic carboxylic acids is 2. The van der Waals surface area contributed by atoms with Gasteiger partial charge in [-0.1, -0.05) is 57.4 Å². The van der Waals surface area contributed by atoms with E-state index in [1.165, 1.54) is 19.3 Å². The number of esters is 1. The van der Waals surface area contributed by atoms with E-state index in [0.717, 1.165) is 25.7 Å². The minimum Gasteiger partial charge on any atom is -0.481 e. The Morgan fingerprint density at radius 3 is 2.42 bits per heavy atom. The molecule has 0 heterocycles. The Balaban J connectivity index is 3.08. The van der Waals surface area contributed by atoms with Crippen LogP contribution < -0.4 is 0 Å². The number of aliphatic hydroxyl groups is 1. The number of carboxylic acids is 2. The Labute approximate surface area is 195 Å². The summed E-state index contributed by atoms with van der Waals surface area (Å²) in [6.07, 6.45) is 10.1. The van der Waals surface area contributed by atoms with Crippen LogP contribution in [-0.4, -0.2) is 52.2 Å². The van der Waals surface area contributed by atoms with Crippen molar-refractivity contribution < 1.29 is 39.2 Å². The Morgan fingerprint density at radius 2 is 1.88 bits per heavy atom. The molecular formula is C25H38O8. The van der Waals surface area contributed by atoms with Gasteiger partial charge in [0.2, 0.25) is 0 Å². The summed E-state index contributed by atoms with van der Waals surface area (Å²) in [6, 6.07) is 0. The quantitative estimate of drug-likeness (QED) is 0.143. The molecule has 5 unspecified atom stereocenters. The highest BCUT2D eigenvalue weighted by molar-refractivity contribution is 6.13. The van der Waals surface area contributed by atoms with Crippen LogP contribution in [0.2, 0.25) is 0 Å². The summed E-state index contributed by atoms with van der Waals surface area (Å²) in [5.41, 5.74) is -1.90. The van der Waals surface area contributed by atoms with Crippen LogP contribution in [0.15, 0.2) is 24.3 Å². The van der Waals surface area contributed by atoms with E-state index in [2.05, 4.69) is 11.7 Å². The zero-order chi connectivity index (χ0) is 25.0. The van der Waals surface area contributed by atoms with Crippen LogP contribution in [0.3, 0.4) is 0 Å². The van der Waals surface area contributed by atoms with Crippen LogP contribution >= 0.6 is 0 Å². The summed E-state index contributed by atoms with van der Waals surface area (Å²) >= 11 is 0. The van der Waals surface area contributed by atoms with Crippen LogP contribution in [-0.2, 0) is 23.9 Å². The fraction of sp³-hybridized carbons (Fsp3) is 0.680. The summed E-state index contributed by atoms with van der Waals surface area (Å²) in [7, 11) is 1.30. The SMILES string of the molecule is CCCCC(CC)C(O)/C=C/C1CC(C(=O)O)C(=O)C1(C/C=C/CCCC(=O)OC)C(=O)O. The number of aliphatic hydroxyl groups excluding tert-OH is 1. The molecule has 0 aromatic heterocycles. The number of hydrogen-bond donors (Lipinski definition) is 3. The second-order valence-electron chi connectivity index (χ2n) is 8.70. The van der Waals surface area contributed by atoms with E-state index in [1.54, 1.807) is 12.2 Å². The second kappa shape index (κ2) is 13.9. The van der Waals surface area contributed by atoms with Crippen LogP contribution in [0.1, 0.15) is 71.6 Å². The van der Waals surface area contributed by atoms with E-state index in [1.807, 2.05) is 6.92 Å². The van der Waals surface area contributed by atoms with E-state index in [4.69, 9.17) is 0 Å². The molecule has 8 heteroatoms. The van der Waals surface area contributed by atoms with Gasteiger partial charge >= 0.3 is 17.9 Å². The maximum absolute atomic E-state index is 13.0. The summed E-state index contributed by atoms with van der Waals surface area (Å²) in [6.45, 7) is 4.04. The van der Waals surface area contributed by atoms with Crippen molar-refractivity contribution in [2.24, 2.45) is 23.2 Å². The molecule has 0 aliphatic heterocycles. The van der Waals surface area contributed by atoms with Crippen molar-refractivity contribution >= 4 is 23.7 Å². The first-order chi connectivity index (χ1) is 15.6. The molecule has 0 aromatic rings. The molecule has 186 valence electrons. The first-order valence-electron chi connectivity index (χ1n) is 11.7. The average Bonchev–Trinajstić information content (AvgIpc) is 3.07. The predicted octanol–water partition coefficient (Wildman–Crippen LogP) is 3.77. The molecule has 8 nitrogen and oxygen atoms in total. The summed E-state index contributed by atoms with van der Waals surface area (Å²) in [5.74, 6) is -6.08. The molecule has 1 rings (SSSR count). The predicted molar refractivity (Wildman–Crippen MR) is 122 cm³/mol. The van der Waals surface area contributed by atoms with E-state index >= 15 is 0 Å². The van der Waals surface area contributed by atoms with Gasteiger partial charge in [-0.15, -0.1) is 0 Å². The van der Waals surface area contributed by atoms with Gasteiger partial charge in [0.1, 0.15) is 11.3 Å². The molecule has 0 amide bonds. The largest absolute Gasteiger partial charge is 0.481 e. The number of ether oxygens (including phenoxy) is 1. The van der Waals surface area contributed by atoms with Crippen molar-refractivity contribution in [3.8, 4) is 0 Å². The molecule has 0 saturated heterocycles. The van der Waals surface area contributed by atoms with Crippen LogP contribution in [0, 0.1) is 23.2 Å². The highest BCUT2D eigenvalue weighted by Crippen LogP contribution is 2.48. The van der Waals surface area contributed by atoms with Gasteiger partial charge in [0.05, 0.1) is 13.2 Å². The van der Waals surface area contributed by atoms with Gasteiger partial charge in [0.25, 0.3) is 0 Å². The summed E-state index contributed by atoms with van der Waals surface area (Å²) in [4.78, 5) is 48.1. The lowest BCUT2D eigenvalue weighted by Gasteiger charge is -2.27. The molecule has 3 N–H and O–H groups in total. The zero-order valence-corrected chi connectivity index (χ0v) is 19.9. The topological polar surface area (TPSA) is 138 Å². The molecule has 1 saturated carbocycles. The van der Waals surface area contributed by atoms with Gasteiger partial charge < -0.3 is 20.1 Å². The molecule has 0 bridgehead atoms. The first kappa shape index (κ1) is 28.6.